The Morgan fingerprint density at radius 1 is 1.14 bits per heavy atom. The van der Waals surface area contributed by atoms with Crippen molar-refractivity contribution in [2.45, 2.75) is 65.2 Å². The Bertz CT molecular complexity index is 626. The molecule has 2 aromatic rings. The first-order chi connectivity index (χ1) is 10.2. The average Bonchev–Trinajstić information content (AvgIpc) is 2.80. The van der Waals surface area contributed by atoms with Gasteiger partial charge in [0.1, 0.15) is 16.5 Å². The Kier molecular flexibility index (Phi) is 4.43. The first-order valence-electron chi connectivity index (χ1n) is 8.22. The molecule has 0 atom stereocenters. The van der Waals surface area contributed by atoms with Gasteiger partial charge in [0.2, 0.25) is 0 Å². The molecule has 0 spiro atoms. The first-order valence-corrected chi connectivity index (χ1v) is 9.04. The van der Waals surface area contributed by atoms with Crippen LogP contribution in [0.25, 0.3) is 10.2 Å². The summed E-state index contributed by atoms with van der Waals surface area (Å²) in [6.45, 7) is 7.55. The van der Waals surface area contributed by atoms with Gasteiger partial charge in [0.25, 0.3) is 0 Å². The molecule has 1 aliphatic carbocycles. The summed E-state index contributed by atoms with van der Waals surface area (Å²) < 4.78 is 0. The topological polar surface area (TPSA) is 37.8 Å². The van der Waals surface area contributed by atoms with Gasteiger partial charge in [-0.1, -0.05) is 26.2 Å². The zero-order chi connectivity index (χ0) is 14.8. The van der Waals surface area contributed by atoms with Gasteiger partial charge in [-0.2, -0.15) is 0 Å². The molecule has 0 aromatic carbocycles. The fourth-order valence-electron chi connectivity index (χ4n) is 3.18. The van der Waals surface area contributed by atoms with Crippen LogP contribution in [-0.4, -0.2) is 16.5 Å². The highest BCUT2D eigenvalue weighted by Gasteiger charge is 2.21. The number of fused-ring (bicyclic) bond motifs is 1. The lowest BCUT2D eigenvalue weighted by Crippen LogP contribution is -2.11. The molecule has 114 valence electrons. The normalized spacial score (nSPS) is 16.5. The lowest BCUT2D eigenvalue weighted by molar-refractivity contribution is 0.430. The highest BCUT2D eigenvalue weighted by molar-refractivity contribution is 7.18. The lowest BCUT2D eigenvalue weighted by atomic mass is 9.88. The van der Waals surface area contributed by atoms with E-state index in [4.69, 9.17) is 9.97 Å². The van der Waals surface area contributed by atoms with Gasteiger partial charge in [-0.05, 0) is 38.7 Å². The summed E-state index contributed by atoms with van der Waals surface area (Å²) in [7, 11) is 0. The highest BCUT2D eigenvalue weighted by atomic mass is 32.1. The molecule has 4 heteroatoms. The zero-order valence-corrected chi connectivity index (χ0v) is 14.1. The van der Waals surface area contributed by atoms with Gasteiger partial charge < -0.3 is 5.32 Å². The molecular formula is C17H25N3S. The molecule has 0 radical (unpaired) electrons. The first kappa shape index (κ1) is 14.8. The molecule has 0 bridgehead atoms. The third-order valence-corrected chi connectivity index (χ3v) is 5.66. The number of aromatic nitrogens is 2. The minimum absolute atomic E-state index is 0.563. The maximum absolute atomic E-state index is 4.92. The van der Waals surface area contributed by atoms with Gasteiger partial charge in [-0.3, -0.25) is 0 Å². The predicted molar refractivity (Wildman–Crippen MR) is 91.5 cm³/mol. The predicted octanol–water partition coefficient (Wildman–Crippen LogP) is 5.18. The summed E-state index contributed by atoms with van der Waals surface area (Å²) in [5.41, 5.74) is 1.34. The number of anilines is 1. The van der Waals surface area contributed by atoms with Crippen molar-refractivity contribution in [3.8, 4) is 0 Å². The van der Waals surface area contributed by atoms with E-state index in [1.165, 1.54) is 52.8 Å². The molecule has 2 heterocycles. The van der Waals surface area contributed by atoms with E-state index in [0.717, 1.165) is 24.6 Å². The van der Waals surface area contributed by atoms with E-state index < -0.39 is 0 Å². The molecule has 1 N–H and O–H groups in total. The van der Waals surface area contributed by atoms with Gasteiger partial charge in [0.15, 0.2) is 0 Å². The molecule has 2 aromatic heterocycles. The SMILES string of the molecule is CCCNc1nc(C2CCCCC2)nc2sc(C)c(C)c12. The second-order valence-corrected chi connectivity index (χ2v) is 7.36. The Hall–Kier alpha value is -1.16. The van der Waals surface area contributed by atoms with Crippen molar-refractivity contribution >= 4 is 27.4 Å². The van der Waals surface area contributed by atoms with Crippen molar-refractivity contribution < 1.29 is 0 Å². The highest BCUT2D eigenvalue weighted by Crippen LogP contribution is 2.37. The van der Waals surface area contributed by atoms with E-state index in [1.807, 2.05) is 11.3 Å². The summed E-state index contributed by atoms with van der Waals surface area (Å²) in [5.74, 6) is 2.69. The molecule has 0 unspecified atom stereocenters. The van der Waals surface area contributed by atoms with Crippen LogP contribution >= 0.6 is 11.3 Å². The third kappa shape index (κ3) is 2.91. The van der Waals surface area contributed by atoms with E-state index in [0.29, 0.717) is 5.92 Å². The van der Waals surface area contributed by atoms with Crippen LogP contribution < -0.4 is 5.32 Å². The van der Waals surface area contributed by atoms with E-state index in [1.54, 1.807) is 0 Å². The van der Waals surface area contributed by atoms with E-state index in [9.17, 15) is 0 Å². The van der Waals surface area contributed by atoms with Crippen molar-refractivity contribution in [3.05, 3.63) is 16.3 Å². The number of hydrogen-bond donors (Lipinski definition) is 1. The minimum Gasteiger partial charge on any atom is -0.369 e. The van der Waals surface area contributed by atoms with E-state index in [-0.39, 0.29) is 0 Å². The minimum atomic E-state index is 0.563. The number of aryl methyl sites for hydroxylation is 2. The second kappa shape index (κ2) is 6.30. The molecule has 3 nitrogen and oxygen atoms in total. The van der Waals surface area contributed by atoms with Crippen LogP contribution in [0.3, 0.4) is 0 Å². The number of thiophene rings is 1. The molecule has 21 heavy (non-hydrogen) atoms. The van der Waals surface area contributed by atoms with Gasteiger partial charge in [0, 0.05) is 17.3 Å². The second-order valence-electron chi connectivity index (χ2n) is 6.16. The number of rotatable bonds is 4. The monoisotopic (exact) mass is 303 g/mol. The molecule has 0 saturated heterocycles. The van der Waals surface area contributed by atoms with Crippen molar-refractivity contribution in [1.29, 1.82) is 0 Å². The summed E-state index contributed by atoms with van der Waals surface area (Å²) in [6, 6.07) is 0. The van der Waals surface area contributed by atoms with Crippen LogP contribution in [0.5, 0.6) is 0 Å². The third-order valence-electron chi connectivity index (χ3n) is 4.56. The van der Waals surface area contributed by atoms with Gasteiger partial charge >= 0.3 is 0 Å². The summed E-state index contributed by atoms with van der Waals surface area (Å²) in [5, 5.41) is 4.77. The van der Waals surface area contributed by atoms with E-state index in [2.05, 4.69) is 26.1 Å². The fourth-order valence-corrected chi connectivity index (χ4v) is 4.22. The van der Waals surface area contributed by atoms with Crippen LogP contribution in [0.2, 0.25) is 0 Å². The van der Waals surface area contributed by atoms with Gasteiger partial charge in [-0.25, -0.2) is 9.97 Å². The molecule has 0 amide bonds. The summed E-state index contributed by atoms with van der Waals surface area (Å²) in [6.07, 6.45) is 7.64. The van der Waals surface area contributed by atoms with Crippen molar-refractivity contribution in [3.63, 3.8) is 0 Å². The maximum atomic E-state index is 4.92. The van der Waals surface area contributed by atoms with Gasteiger partial charge in [0.05, 0.1) is 5.39 Å². The summed E-state index contributed by atoms with van der Waals surface area (Å²) in [4.78, 5) is 12.4. The fraction of sp³-hybridized carbons (Fsp3) is 0.647. The van der Waals surface area contributed by atoms with Crippen LogP contribution in [0.15, 0.2) is 0 Å². The standard InChI is InChI=1S/C17H25N3S/c1-4-10-18-16-14-11(2)12(3)21-17(14)20-15(19-16)13-8-6-5-7-9-13/h13H,4-10H2,1-3H3,(H,18,19,20). The summed E-state index contributed by atoms with van der Waals surface area (Å²) >= 11 is 1.81. The Balaban J connectivity index is 2.05. The number of nitrogens with one attached hydrogen (secondary N) is 1. The van der Waals surface area contributed by atoms with Crippen LogP contribution in [0, 0.1) is 13.8 Å². The molecule has 1 fully saturated rings. The molecular weight excluding hydrogens is 278 g/mol. The van der Waals surface area contributed by atoms with Crippen LogP contribution in [-0.2, 0) is 0 Å². The quantitative estimate of drug-likeness (QED) is 0.846. The Morgan fingerprint density at radius 2 is 1.90 bits per heavy atom. The van der Waals surface area contributed by atoms with Crippen molar-refractivity contribution in [2.75, 3.05) is 11.9 Å². The number of nitrogens with zero attached hydrogens (tertiary/aromatic N) is 2. The molecule has 1 aliphatic rings. The van der Waals surface area contributed by atoms with Crippen molar-refractivity contribution in [2.24, 2.45) is 0 Å². The molecule has 0 aliphatic heterocycles. The van der Waals surface area contributed by atoms with Crippen molar-refractivity contribution in [1.82, 2.24) is 9.97 Å². The van der Waals surface area contributed by atoms with Crippen LogP contribution in [0.4, 0.5) is 5.82 Å². The zero-order valence-electron chi connectivity index (χ0n) is 13.3. The largest absolute Gasteiger partial charge is 0.369 e. The smallest absolute Gasteiger partial charge is 0.138 e. The Morgan fingerprint density at radius 3 is 2.62 bits per heavy atom. The number of hydrogen-bond acceptors (Lipinski definition) is 4. The average molecular weight is 303 g/mol. The van der Waals surface area contributed by atoms with Crippen LogP contribution in [0.1, 0.15) is 67.6 Å². The lowest BCUT2D eigenvalue weighted by Gasteiger charge is -2.21. The van der Waals surface area contributed by atoms with E-state index >= 15 is 0 Å². The Labute approximate surface area is 131 Å². The molecule has 1 saturated carbocycles. The molecule has 3 rings (SSSR count). The van der Waals surface area contributed by atoms with Gasteiger partial charge in [-0.15, -0.1) is 11.3 Å². The maximum Gasteiger partial charge on any atom is 0.138 e.